The maximum absolute atomic E-state index is 9.24. The SMILES string of the molecule is [2H]c1c([2H])c([2H])c(-c2cccc(-c3c([2H])c([2H])c([2H])c([2H])c3[2H])c2N2CN(c3cc(Oc4ccc5c6cc(C(C)(C)C)ccc6n(-c6cc(C(C)(C)C)ccn6)c5c4)cc(C(C)(C)C)c3)c3ccc(C(C)(C)C)cc32)c([2H])c1[2H]. The Labute approximate surface area is 424 Å². The van der Waals surface area contributed by atoms with Gasteiger partial charge in [-0.1, -0.05) is 174 Å². The number of hydrogen-bond donors (Lipinski definition) is 0. The van der Waals surface area contributed by atoms with E-state index in [1.807, 2.05) is 23.2 Å². The zero-order chi connectivity index (χ0) is 57.3. The number of hydrogen-bond acceptors (Lipinski definition) is 4. The van der Waals surface area contributed by atoms with Crippen LogP contribution in [0.25, 0.3) is 49.9 Å². The Kier molecular flexibility index (Phi) is 8.56. The third-order valence-electron chi connectivity index (χ3n) is 13.3. The molecule has 348 valence electrons. The monoisotopic (exact) mass is 917 g/mol. The number of fused-ring (bicyclic) bond motifs is 4. The second-order valence-electron chi connectivity index (χ2n) is 22.4. The lowest BCUT2D eigenvalue weighted by atomic mass is 9.86. The van der Waals surface area contributed by atoms with E-state index in [0.29, 0.717) is 22.9 Å². The topological polar surface area (TPSA) is 33.5 Å². The summed E-state index contributed by atoms with van der Waals surface area (Å²) < 4.78 is 98.2. The summed E-state index contributed by atoms with van der Waals surface area (Å²) in [4.78, 5) is 9.06. The highest BCUT2D eigenvalue weighted by atomic mass is 16.5. The Morgan fingerprint density at radius 2 is 1.07 bits per heavy atom. The molecule has 0 spiro atoms. The lowest BCUT2D eigenvalue weighted by Crippen LogP contribution is -2.25. The highest BCUT2D eigenvalue weighted by Gasteiger charge is 2.34. The van der Waals surface area contributed by atoms with E-state index in [9.17, 15) is 5.48 Å². The first-order valence-corrected chi connectivity index (χ1v) is 23.7. The van der Waals surface area contributed by atoms with E-state index in [-0.39, 0.29) is 50.6 Å². The number of aromatic nitrogens is 2. The van der Waals surface area contributed by atoms with Crippen LogP contribution in [0, 0.1) is 0 Å². The molecule has 69 heavy (non-hydrogen) atoms. The van der Waals surface area contributed by atoms with Crippen LogP contribution in [0.4, 0.5) is 22.7 Å². The van der Waals surface area contributed by atoms with Gasteiger partial charge < -0.3 is 14.5 Å². The summed E-state index contributed by atoms with van der Waals surface area (Å²) in [5.41, 5.74) is 8.28. The van der Waals surface area contributed by atoms with Gasteiger partial charge in [0.1, 0.15) is 24.0 Å². The van der Waals surface area contributed by atoms with Gasteiger partial charge in [0.25, 0.3) is 0 Å². The van der Waals surface area contributed by atoms with Crippen molar-refractivity contribution >= 4 is 44.6 Å². The van der Waals surface area contributed by atoms with Gasteiger partial charge in [0.2, 0.25) is 0 Å². The quantitative estimate of drug-likeness (QED) is 0.159. The van der Waals surface area contributed by atoms with Crippen molar-refractivity contribution < 1.29 is 18.4 Å². The zero-order valence-electron chi connectivity index (χ0n) is 51.8. The molecule has 0 amide bonds. The predicted molar refractivity (Wildman–Crippen MR) is 293 cm³/mol. The molecule has 0 radical (unpaired) electrons. The highest BCUT2D eigenvalue weighted by molar-refractivity contribution is 6.10. The molecule has 0 bridgehead atoms. The summed E-state index contributed by atoms with van der Waals surface area (Å²) in [6.45, 7) is 26.1. The average molecular weight is 917 g/mol. The Morgan fingerprint density at radius 3 is 1.70 bits per heavy atom. The Bertz CT molecular complexity index is 3840. The summed E-state index contributed by atoms with van der Waals surface area (Å²) in [7, 11) is 0. The first-order chi connectivity index (χ1) is 36.9. The van der Waals surface area contributed by atoms with Gasteiger partial charge in [0.15, 0.2) is 0 Å². The molecule has 3 heterocycles. The number of nitrogens with zero attached hydrogens (tertiary/aromatic N) is 4. The van der Waals surface area contributed by atoms with E-state index in [0.717, 1.165) is 55.7 Å². The number of benzene rings is 7. The molecule has 0 unspecified atom stereocenters. The largest absolute Gasteiger partial charge is 0.457 e. The minimum absolute atomic E-state index is 0.0754. The molecule has 9 aromatic rings. The molecule has 2 aromatic heterocycles. The van der Waals surface area contributed by atoms with Crippen molar-refractivity contribution in [2.24, 2.45) is 0 Å². The molecule has 1 aliphatic rings. The molecule has 0 saturated heterocycles. The molecule has 0 saturated carbocycles. The first-order valence-electron chi connectivity index (χ1n) is 28.7. The van der Waals surface area contributed by atoms with E-state index in [2.05, 4.69) is 165 Å². The van der Waals surface area contributed by atoms with Crippen LogP contribution >= 0.6 is 0 Å². The van der Waals surface area contributed by atoms with Crippen LogP contribution in [0.1, 0.15) is 119 Å². The molecule has 10 rings (SSSR count). The molecular weight excluding hydrogens is 841 g/mol. The van der Waals surface area contributed by atoms with Crippen molar-refractivity contribution in [3.8, 4) is 39.6 Å². The lowest BCUT2D eigenvalue weighted by Gasteiger charge is -2.28. The van der Waals surface area contributed by atoms with Gasteiger partial charge in [-0.05, 0) is 116 Å². The van der Waals surface area contributed by atoms with Gasteiger partial charge in [-0.3, -0.25) is 4.57 Å². The van der Waals surface area contributed by atoms with Crippen LogP contribution in [-0.2, 0) is 21.7 Å². The van der Waals surface area contributed by atoms with Crippen LogP contribution in [0.5, 0.6) is 11.5 Å². The van der Waals surface area contributed by atoms with E-state index in [1.54, 1.807) is 18.2 Å². The summed E-state index contributed by atoms with van der Waals surface area (Å²) in [5.74, 6) is 2.00. The van der Waals surface area contributed by atoms with Crippen molar-refractivity contribution in [1.29, 1.82) is 0 Å². The average Bonchev–Trinajstić information content (AvgIpc) is 4.17. The molecule has 0 N–H and O–H groups in total. The van der Waals surface area contributed by atoms with Gasteiger partial charge in [0, 0.05) is 45.9 Å². The first kappa shape index (κ1) is 35.1. The summed E-state index contributed by atoms with van der Waals surface area (Å²) in [6.07, 6.45) is 1.88. The van der Waals surface area contributed by atoms with Crippen LogP contribution in [-0.4, -0.2) is 16.2 Å². The molecule has 0 fully saturated rings. The lowest BCUT2D eigenvalue weighted by molar-refractivity contribution is 0.479. The summed E-state index contributed by atoms with van der Waals surface area (Å²) in [6, 6.07) is 29.6. The smallest absolute Gasteiger partial charge is 0.137 e. The number of anilines is 4. The van der Waals surface area contributed by atoms with Crippen molar-refractivity contribution in [1.82, 2.24) is 9.55 Å². The van der Waals surface area contributed by atoms with E-state index in [1.165, 1.54) is 5.56 Å². The van der Waals surface area contributed by atoms with Crippen molar-refractivity contribution in [2.75, 3.05) is 16.5 Å². The standard InChI is InChI=1S/C64H66N4O/c1-61(2,3)44-26-30-55-54(36-44)53-29-28-49(40-57(53)68(55)59-38-46(32-33-65-59)63(7,8)9)69-50-35-47(64(10,11)12)34-48(39-50)66-41-67(58-37-45(62(4,5)6)27-31-56(58)66)60-51(42-20-15-13-16-21-42)24-19-25-52(60)43-22-17-14-18-23-43/h13-40H,41H2,1-12H3/i13D,14D,15D,16D,17D,18D,20D,21D,22D,23D. The molecule has 0 aliphatic carbocycles. The van der Waals surface area contributed by atoms with Crippen LogP contribution < -0.4 is 14.5 Å². The predicted octanol–water partition coefficient (Wildman–Crippen LogP) is 17.7. The summed E-state index contributed by atoms with van der Waals surface area (Å²) >= 11 is 0. The number of para-hydroxylation sites is 1. The Balaban J connectivity index is 1.18. The fourth-order valence-electron chi connectivity index (χ4n) is 9.30. The van der Waals surface area contributed by atoms with Gasteiger partial charge in [0.05, 0.1) is 41.8 Å². The van der Waals surface area contributed by atoms with Gasteiger partial charge in [-0.2, -0.15) is 0 Å². The molecule has 7 aromatic carbocycles. The van der Waals surface area contributed by atoms with E-state index in [4.69, 9.17) is 17.9 Å². The van der Waals surface area contributed by atoms with E-state index >= 15 is 0 Å². The second kappa shape index (κ2) is 16.8. The Hall–Kier alpha value is -7.11. The zero-order valence-corrected chi connectivity index (χ0v) is 41.8. The Morgan fingerprint density at radius 1 is 0.478 bits per heavy atom. The minimum Gasteiger partial charge on any atom is -0.457 e. The molecule has 0 atom stereocenters. The third-order valence-corrected chi connectivity index (χ3v) is 13.3. The van der Waals surface area contributed by atoms with Crippen molar-refractivity contribution in [2.45, 2.75) is 105 Å². The number of ether oxygens (including phenoxy) is 1. The number of rotatable bonds is 7. The van der Waals surface area contributed by atoms with Crippen molar-refractivity contribution in [3.63, 3.8) is 0 Å². The second-order valence-corrected chi connectivity index (χ2v) is 22.4. The van der Waals surface area contributed by atoms with Gasteiger partial charge in [-0.15, -0.1) is 0 Å². The maximum atomic E-state index is 9.24. The molecular formula is C64H66N4O. The van der Waals surface area contributed by atoms with Crippen LogP contribution in [0.2, 0.25) is 0 Å². The minimum atomic E-state index is -0.550. The fourth-order valence-corrected chi connectivity index (χ4v) is 9.30. The molecule has 1 aliphatic heterocycles. The molecule has 5 heteroatoms. The molecule has 5 nitrogen and oxygen atoms in total. The van der Waals surface area contributed by atoms with Crippen LogP contribution in [0.3, 0.4) is 0 Å². The highest BCUT2D eigenvalue weighted by Crippen LogP contribution is 2.52. The normalized spacial score (nSPS) is 15.4. The van der Waals surface area contributed by atoms with Crippen LogP contribution in [0.15, 0.2) is 170 Å². The van der Waals surface area contributed by atoms with Crippen molar-refractivity contribution in [3.05, 3.63) is 192 Å². The van der Waals surface area contributed by atoms with Gasteiger partial charge in [-0.25, -0.2) is 4.98 Å². The fraction of sp³-hybridized carbons (Fsp3) is 0.266. The van der Waals surface area contributed by atoms with Gasteiger partial charge >= 0.3 is 0 Å². The maximum Gasteiger partial charge on any atom is 0.137 e. The van der Waals surface area contributed by atoms with E-state index < -0.39 is 60.4 Å². The number of pyridine rings is 1. The third kappa shape index (κ3) is 8.69. The summed E-state index contributed by atoms with van der Waals surface area (Å²) in [5, 5.41) is 2.18.